The maximum absolute atomic E-state index is 12.4. The fourth-order valence-electron chi connectivity index (χ4n) is 2.70. The Kier molecular flexibility index (Phi) is 5.67. The van der Waals surface area contributed by atoms with E-state index in [2.05, 4.69) is 5.32 Å². The van der Waals surface area contributed by atoms with Crippen molar-refractivity contribution in [3.05, 3.63) is 29.8 Å². The molecule has 1 aromatic rings. The third-order valence-electron chi connectivity index (χ3n) is 4.52. The Morgan fingerprint density at radius 1 is 1.25 bits per heavy atom. The molecule has 0 bridgehead atoms. The molecule has 1 aliphatic carbocycles. The fraction of sp³-hybridized carbons (Fsp3) is 0.588. The summed E-state index contributed by atoms with van der Waals surface area (Å²) in [6, 6.07) is 5.89. The van der Waals surface area contributed by atoms with Gasteiger partial charge in [0.2, 0.25) is 10.0 Å². The maximum Gasteiger partial charge on any atom is 0.251 e. The molecule has 134 valence electrons. The van der Waals surface area contributed by atoms with Gasteiger partial charge in [-0.3, -0.25) is 4.79 Å². The lowest BCUT2D eigenvalue weighted by Gasteiger charge is -2.23. The van der Waals surface area contributed by atoms with Crippen molar-refractivity contribution in [3.8, 4) is 0 Å². The molecule has 6 nitrogen and oxygen atoms in total. The summed E-state index contributed by atoms with van der Waals surface area (Å²) in [5.41, 5.74) is -0.512. The Morgan fingerprint density at radius 2 is 1.79 bits per heavy atom. The molecule has 1 amide bonds. The third-order valence-corrected chi connectivity index (χ3v) is 6.59. The number of hydrogen-bond donors (Lipinski definition) is 2. The Labute approximate surface area is 143 Å². The molecule has 0 heterocycles. The van der Waals surface area contributed by atoms with Crippen LogP contribution < -0.4 is 5.32 Å². The van der Waals surface area contributed by atoms with Crippen LogP contribution in [0.5, 0.6) is 0 Å². The molecule has 2 rings (SSSR count). The summed E-state index contributed by atoms with van der Waals surface area (Å²) in [5.74, 6) is -0.0675. The van der Waals surface area contributed by atoms with Crippen LogP contribution in [0, 0.1) is 5.92 Å². The van der Waals surface area contributed by atoms with Crippen molar-refractivity contribution < 1.29 is 18.3 Å². The van der Waals surface area contributed by atoms with Crippen molar-refractivity contribution in [1.82, 2.24) is 9.62 Å². The SMILES string of the molecule is CCN(CC)S(=O)(=O)c1ccc(C(=O)NCC(C)(O)C2CC2)cc1. The average Bonchev–Trinajstić information content (AvgIpc) is 3.39. The van der Waals surface area contributed by atoms with Crippen LogP contribution in [0.4, 0.5) is 0 Å². The molecule has 1 fully saturated rings. The van der Waals surface area contributed by atoms with E-state index in [4.69, 9.17) is 0 Å². The zero-order valence-corrected chi connectivity index (χ0v) is 15.3. The lowest BCUT2D eigenvalue weighted by molar-refractivity contribution is 0.0354. The summed E-state index contributed by atoms with van der Waals surface area (Å²) in [6.45, 7) is 6.29. The van der Waals surface area contributed by atoms with Gasteiger partial charge in [-0.1, -0.05) is 13.8 Å². The van der Waals surface area contributed by atoms with E-state index in [1.54, 1.807) is 20.8 Å². The topological polar surface area (TPSA) is 86.7 Å². The quantitative estimate of drug-likeness (QED) is 0.742. The van der Waals surface area contributed by atoms with E-state index < -0.39 is 15.6 Å². The number of benzene rings is 1. The lowest BCUT2D eigenvalue weighted by Crippen LogP contribution is -2.42. The molecule has 1 aromatic carbocycles. The number of nitrogens with one attached hydrogen (secondary N) is 1. The highest BCUT2D eigenvalue weighted by Gasteiger charge is 2.39. The van der Waals surface area contributed by atoms with Crippen molar-refractivity contribution in [1.29, 1.82) is 0 Å². The number of carbonyl (C=O) groups excluding carboxylic acids is 1. The molecule has 0 aliphatic heterocycles. The minimum atomic E-state index is -3.52. The van der Waals surface area contributed by atoms with Crippen LogP contribution in [0.2, 0.25) is 0 Å². The van der Waals surface area contributed by atoms with E-state index >= 15 is 0 Å². The van der Waals surface area contributed by atoms with Gasteiger partial charge in [-0.2, -0.15) is 4.31 Å². The van der Waals surface area contributed by atoms with Gasteiger partial charge in [-0.25, -0.2) is 8.42 Å². The number of sulfonamides is 1. The van der Waals surface area contributed by atoms with E-state index in [1.165, 1.54) is 28.6 Å². The normalized spacial score (nSPS) is 17.5. The second-order valence-corrected chi connectivity index (χ2v) is 8.37. The van der Waals surface area contributed by atoms with E-state index in [-0.39, 0.29) is 23.3 Å². The molecule has 0 saturated heterocycles. The van der Waals surface area contributed by atoms with Gasteiger partial charge in [0.05, 0.1) is 10.5 Å². The van der Waals surface area contributed by atoms with Crippen LogP contribution in [0.15, 0.2) is 29.2 Å². The molecular formula is C17H26N2O4S. The van der Waals surface area contributed by atoms with Crippen LogP contribution in [0.3, 0.4) is 0 Å². The molecule has 0 aromatic heterocycles. The fourth-order valence-corrected chi connectivity index (χ4v) is 4.16. The summed E-state index contributed by atoms with van der Waals surface area (Å²) in [6.07, 6.45) is 1.97. The van der Waals surface area contributed by atoms with E-state index in [9.17, 15) is 18.3 Å². The number of aliphatic hydroxyl groups is 1. The molecule has 1 atom stereocenters. The highest BCUT2D eigenvalue weighted by molar-refractivity contribution is 7.89. The molecule has 1 unspecified atom stereocenters. The summed E-state index contributed by atoms with van der Waals surface area (Å²) in [5, 5.41) is 12.9. The Bertz CT molecular complexity index is 675. The highest BCUT2D eigenvalue weighted by atomic mass is 32.2. The second-order valence-electron chi connectivity index (χ2n) is 6.43. The van der Waals surface area contributed by atoms with Gasteiger partial charge >= 0.3 is 0 Å². The number of carbonyl (C=O) groups is 1. The molecule has 2 N–H and O–H groups in total. The van der Waals surface area contributed by atoms with Crippen molar-refractivity contribution in [2.75, 3.05) is 19.6 Å². The van der Waals surface area contributed by atoms with E-state index in [1.807, 2.05) is 0 Å². The zero-order valence-electron chi connectivity index (χ0n) is 14.4. The summed E-state index contributed by atoms with van der Waals surface area (Å²) in [7, 11) is -3.52. The first kappa shape index (κ1) is 18.9. The number of nitrogens with zero attached hydrogens (tertiary/aromatic N) is 1. The van der Waals surface area contributed by atoms with Crippen LogP contribution >= 0.6 is 0 Å². The van der Waals surface area contributed by atoms with Crippen molar-refractivity contribution in [2.24, 2.45) is 5.92 Å². The highest BCUT2D eigenvalue weighted by Crippen LogP contribution is 2.39. The van der Waals surface area contributed by atoms with Gasteiger partial charge in [-0.05, 0) is 49.9 Å². The predicted octanol–water partition coefficient (Wildman–Crippen LogP) is 1.61. The van der Waals surface area contributed by atoms with Gasteiger partial charge in [0.1, 0.15) is 0 Å². The van der Waals surface area contributed by atoms with Crippen molar-refractivity contribution in [3.63, 3.8) is 0 Å². The first-order valence-electron chi connectivity index (χ1n) is 8.33. The van der Waals surface area contributed by atoms with E-state index in [0.29, 0.717) is 18.7 Å². The molecule has 0 spiro atoms. The smallest absolute Gasteiger partial charge is 0.251 e. The van der Waals surface area contributed by atoms with E-state index in [0.717, 1.165) is 12.8 Å². The summed E-state index contributed by atoms with van der Waals surface area (Å²) < 4.78 is 26.2. The van der Waals surface area contributed by atoms with Crippen LogP contribution in [-0.4, -0.2) is 49.0 Å². The van der Waals surface area contributed by atoms with Crippen molar-refractivity contribution >= 4 is 15.9 Å². The average molecular weight is 354 g/mol. The van der Waals surface area contributed by atoms with Gasteiger partial charge < -0.3 is 10.4 Å². The first-order chi connectivity index (χ1) is 11.2. The van der Waals surface area contributed by atoms with Crippen molar-refractivity contribution in [2.45, 2.75) is 44.1 Å². The van der Waals surface area contributed by atoms with Gasteiger partial charge in [0.15, 0.2) is 0 Å². The second kappa shape index (κ2) is 7.21. The first-order valence-corrected chi connectivity index (χ1v) is 9.77. The number of hydrogen-bond acceptors (Lipinski definition) is 4. The van der Waals surface area contributed by atoms with Gasteiger partial charge in [0.25, 0.3) is 5.91 Å². The molecule has 7 heteroatoms. The van der Waals surface area contributed by atoms with Gasteiger partial charge in [0, 0.05) is 25.2 Å². The minimum Gasteiger partial charge on any atom is -0.388 e. The monoisotopic (exact) mass is 354 g/mol. The molecular weight excluding hydrogens is 328 g/mol. The minimum absolute atomic E-state index is 0.174. The third kappa shape index (κ3) is 4.15. The molecule has 1 saturated carbocycles. The summed E-state index contributed by atoms with van der Waals surface area (Å²) >= 11 is 0. The molecule has 24 heavy (non-hydrogen) atoms. The number of amides is 1. The largest absolute Gasteiger partial charge is 0.388 e. The number of rotatable bonds is 8. The molecule has 1 aliphatic rings. The van der Waals surface area contributed by atoms with Gasteiger partial charge in [-0.15, -0.1) is 0 Å². The summed E-state index contributed by atoms with van der Waals surface area (Å²) in [4.78, 5) is 12.3. The maximum atomic E-state index is 12.4. The predicted molar refractivity (Wildman–Crippen MR) is 92.2 cm³/mol. The standard InChI is InChI=1S/C17H26N2O4S/c1-4-19(5-2)24(22,23)15-10-6-13(7-11-15)16(20)18-12-17(3,21)14-8-9-14/h6-7,10-11,14,21H,4-5,8-9,12H2,1-3H3,(H,18,20). The van der Waals surface area contributed by atoms with Crippen LogP contribution in [-0.2, 0) is 10.0 Å². The van der Waals surface area contributed by atoms with Crippen LogP contribution in [0.1, 0.15) is 44.0 Å². The van der Waals surface area contributed by atoms with Crippen LogP contribution in [0.25, 0.3) is 0 Å². The Hall–Kier alpha value is -1.44. The Balaban J connectivity index is 2.04. The zero-order chi connectivity index (χ0) is 18.0. The molecule has 0 radical (unpaired) electrons. The lowest BCUT2D eigenvalue weighted by atomic mass is 10.0. The Morgan fingerprint density at radius 3 is 2.25 bits per heavy atom.